The molecule has 1 N–H and O–H groups in total. The second-order valence-corrected chi connectivity index (χ2v) is 6.02. The smallest absolute Gasteiger partial charge is 0.257 e. The van der Waals surface area contributed by atoms with Gasteiger partial charge in [0.15, 0.2) is 0 Å². The maximum absolute atomic E-state index is 12.3. The molecule has 106 valence electrons. The molecular weight excluding hydrogens is 272 g/mol. The fourth-order valence-corrected chi connectivity index (χ4v) is 3.25. The Morgan fingerprint density at radius 3 is 3.05 bits per heavy atom. The summed E-state index contributed by atoms with van der Waals surface area (Å²) in [5.41, 5.74) is 0.650. The minimum atomic E-state index is 0.0803. The Labute approximate surface area is 122 Å². The lowest BCUT2D eigenvalue weighted by molar-refractivity contribution is 0.0761. The monoisotopic (exact) mass is 290 g/mol. The van der Waals surface area contributed by atoms with Gasteiger partial charge in [-0.2, -0.15) is 5.10 Å². The predicted octanol–water partition coefficient (Wildman–Crippen LogP) is 1.82. The number of H-pyrrole nitrogens is 1. The zero-order valence-electron chi connectivity index (χ0n) is 11.3. The van der Waals surface area contributed by atoms with Crippen LogP contribution in [0.15, 0.2) is 29.9 Å². The van der Waals surface area contributed by atoms with Crippen LogP contribution in [0.2, 0.25) is 0 Å². The van der Waals surface area contributed by atoms with E-state index >= 15 is 0 Å². The molecule has 1 saturated heterocycles. The molecule has 1 aliphatic rings. The van der Waals surface area contributed by atoms with Crippen LogP contribution in [0.3, 0.4) is 0 Å². The van der Waals surface area contributed by atoms with Crippen LogP contribution in [-0.4, -0.2) is 52.1 Å². The third kappa shape index (κ3) is 3.08. The number of hydrogen-bond donors (Lipinski definition) is 1. The van der Waals surface area contributed by atoms with Crippen LogP contribution in [0.4, 0.5) is 0 Å². The number of aromatic nitrogens is 2. The van der Waals surface area contributed by atoms with Gasteiger partial charge in [-0.25, -0.2) is 0 Å². The highest BCUT2D eigenvalue weighted by atomic mass is 32.1. The summed E-state index contributed by atoms with van der Waals surface area (Å²) in [6, 6.07) is 4.26. The number of amides is 1. The second-order valence-electron chi connectivity index (χ2n) is 4.99. The van der Waals surface area contributed by atoms with Gasteiger partial charge < -0.3 is 4.90 Å². The third-order valence-corrected chi connectivity index (χ3v) is 4.44. The summed E-state index contributed by atoms with van der Waals surface area (Å²) in [5.74, 6) is 0.0803. The largest absolute Gasteiger partial charge is 0.337 e. The van der Waals surface area contributed by atoms with Crippen molar-refractivity contribution in [1.82, 2.24) is 20.0 Å². The summed E-state index contributed by atoms with van der Waals surface area (Å²) in [5, 5.41) is 8.66. The molecule has 0 spiro atoms. The van der Waals surface area contributed by atoms with Crippen molar-refractivity contribution in [3.8, 4) is 0 Å². The lowest BCUT2D eigenvalue weighted by atomic mass is 10.3. The van der Waals surface area contributed by atoms with E-state index in [-0.39, 0.29) is 5.91 Å². The third-order valence-electron chi connectivity index (χ3n) is 3.58. The molecule has 1 fully saturated rings. The number of aromatic amines is 1. The molecule has 0 bridgehead atoms. The van der Waals surface area contributed by atoms with Gasteiger partial charge in [0.2, 0.25) is 0 Å². The average molecular weight is 290 g/mol. The quantitative estimate of drug-likeness (QED) is 0.938. The van der Waals surface area contributed by atoms with Crippen LogP contribution < -0.4 is 0 Å². The van der Waals surface area contributed by atoms with Crippen molar-refractivity contribution in [3.05, 3.63) is 40.3 Å². The Morgan fingerprint density at radius 1 is 1.35 bits per heavy atom. The van der Waals surface area contributed by atoms with Gasteiger partial charge in [0, 0.05) is 43.8 Å². The molecule has 6 heteroatoms. The fraction of sp³-hybridized carbons (Fsp3) is 0.429. The van der Waals surface area contributed by atoms with Crippen LogP contribution in [-0.2, 0) is 6.54 Å². The van der Waals surface area contributed by atoms with E-state index in [0.717, 1.165) is 39.1 Å². The zero-order valence-corrected chi connectivity index (χ0v) is 12.1. The Kier molecular flexibility index (Phi) is 4.13. The molecule has 0 atom stereocenters. The fourth-order valence-electron chi connectivity index (χ4n) is 2.51. The summed E-state index contributed by atoms with van der Waals surface area (Å²) in [4.78, 5) is 18.0. The predicted molar refractivity (Wildman–Crippen MR) is 78.7 cm³/mol. The number of rotatable bonds is 3. The van der Waals surface area contributed by atoms with Crippen molar-refractivity contribution in [2.75, 3.05) is 26.2 Å². The van der Waals surface area contributed by atoms with E-state index in [4.69, 9.17) is 0 Å². The van der Waals surface area contributed by atoms with Crippen LogP contribution in [0.25, 0.3) is 0 Å². The van der Waals surface area contributed by atoms with Gasteiger partial charge in [0.1, 0.15) is 0 Å². The van der Waals surface area contributed by atoms with Crippen molar-refractivity contribution in [3.63, 3.8) is 0 Å². The first kappa shape index (κ1) is 13.3. The molecule has 0 saturated carbocycles. The van der Waals surface area contributed by atoms with E-state index in [1.807, 2.05) is 4.90 Å². The van der Waals surface area contributed by atoms with E-state index in [1.165, 1.54) is 4.88 Å². The topological polar surface area (TPSA) is 52.2 Å². The number of nitrogens with zero attached hydrogens (tertiary/aromatic N) is 3. The lowest BCUT2D eigenvalue weighted by Crippen LogP contribution is -2.34. The van der Waals surface area contributed by atoms with Gasteiger partial charge in [0.05, 0.1) is 11.8 Å². The first-order chi connectivity index (χ1) is 9.83. The van der Waals surface area contributed by atoms with E-state index in [2.05, 4.69) is 32.6 Å². The molecule has 20 heavy (non-hydrogen) atoms. The van der Waals surface area contributed by atoms with Gasteiger partial charge in [-0.05, 0) is 17.9 Å². The molecule has 1 aliphatic heterocycles. The van der Waals surface area contributed by atoms with E-state index in [1.54, 1.807) is 23.7 Å². The van der Waals surface area contributed by atoms with Crippen molar-refractivity contribution in [2.45, 2.75) is 13.0 Å². The standard InChI is InChI=1S/C14H18N4OS/c19-14(12-9-15-16-10-12)18-5-2-4-17(6-7-18)11-13-3-1-8-20-13/h1,3,8-10H,2,4-7,11H2,(H,15,16). The molecule has 5 nitrogen and oxygen atoms in total. The first-order valence-corrected chi connectivity index (χ1v) is 7.74. The highest BCUT2D eigenvalue weighted by Gasteiger charge is 2.20. The van der Waals surface area contributed by atoms with Crippen LogP contribution in [0, 0.1) is 0 Å². The Morgan fingerprint density at radius 2 is 2.30 bits per heavy atom. The van der Waals surface area contributed by atoms with Gasteiger partial charge in [0.25, 0.3) is 5.91 Å². The maximum Gasteiger partial charge on any atom is 0.257 e. The Hall–Kier alpha value is -1.66. The average Bonchev–Trinajstić information content (AvgIpc) is 3.10. The highest BCUT2D eigenvalue weighted by Crippen LogP contribution is 2.14. The van der Waals surface area contributed by atoms with Crippen LogP contribution >= 0.6 is 11.3 Å². The summed E-state index contributed by atoms with van der Waals surface area (Å²) >= 11 is 1.79. The van der Waals surface area contributed by atoms with Crippen molar-refractivity contribution < 1.29 is 4.79 Å². The summed E-state index contributed by atoms with van der Waals surface area (Å²) in [6.07, 6.45) is 4.28. The normalized spacial score (nSPS) is 17.1. The highest BCUT2D eigenvalue weighted by molar-refractivity contribution is 7.09. The Balaban J connectivity index is 1.58. The van der Waals surface area contributed by atoms with Crippen molar-refractivity contribution in [1.29, 1.82) is 0 Å². The summed E-state index contributed by atoms with van der Waals surface area (Å²) < 4.78 is 0. The molecular formula is C14H18N4OS. The molecule has 0 aromatic carbocycles. The lowest BCUT2D eigenvalue weighted by Gasteiger charge is -2.21. The van der Waals surface area contributed by atoms with Crippen LogP contribution in [0.5, 0.6) is 0 Å². The van der Waals surface area contributed by atoms with Gasteiger partial charge >= 0.3 is 0 Å². The molecule has 3 rings (SSSR count). The summed E-state index contributed by atoms with van der Waals surface area (Å²) in [7, 11) is 0. The van der Waals surface area contributed by atoms with Crippen LogP contribution in [0.1, 0.15) is 21.7 Å². The van der Waals surface area contributed by atoms with E-state index < -0.39 is 0 Å². The van der Waals surface area contributed by atoms with Gasteiger partial charge in [-0.3, -0.25) is 14.8 Å². The van der Waals surface area contributed by atoms with Gasteiger partial charge in [-0.1, -0.05) is 6.07 Å². The minimum absolute atomic E-state index is 0.0803. The number of carbonyl (C=O) groups is 1. The molecule has 0 unspecified atom stereocenters. The second kappa shape index (κ2) is 6.19. The summed E-state index contributed by atoms with van der Waals surface area (Å²) in [6.45, 7) is 4.58. The molecule has 0 radical (unpaired) electrons. The van der Waals surface area contributed by atoms with Crippen molar-refractivity contribution in [2.24, 2.45) is 0 Å². The molecule has 3 heterocycles. The molecule has 2 aromatic heterocycles. The van der Waals surface area contributed by atoms with Crippen molar-refractivity contribution >= 4 is 17.2 Å². The first-order valence-electron chi connectivity index (χ1n) is 6.86. The zero-order chi connectivity index (χ0) is 13.8. The number of nitrogens with one attached hydrogen (secondary N) is 1. The SMILES string of the molecule is O=C(c1cn[nH]c1)N1CCCN(Cc2cccs2)CC1. The van der Waals surface area contributed by atoms with E-state index in [0.29, 0.717) is 5.56 Å². The number of thiophene rings is 1. The molecule has 0 aliphatic carbocycles. The Bertz CT molecular complexity index is 538. The van der Waals surface area contributed by atoms with E-state index in [9.17, 15) is 4.79 Å². The molecule has 1 amide bonds. The number of hydrogen-bond acceptors (Lipinski definition) is 4. The molecule has 2 aromatic rings. The minimum Gasteiger partial charge on any atom is -0.337 e. The maximum atomic E-state index is 12.3. The van der Waals surface area contributed by atoms with Gasteiger partial charge in [-0.15, -0.1) is 11.3 Å². The number of carbonyl (C=O) groups excluding carboxylic acids is 1.